The molecular formula is C26H27N7O3S. The van der Waals surface area contributed by atoms with Gasteiger partial charge in [-0.3, -0.25) is 0 Å². The quantitative estimate of drug-likeness (QED) is 0.570. The number of anilines is 3. The van der Waals surface area contributed by atoms with Gasteiger partial charge in [-0.2, -0.15) is 19.8 Å². The van der Waals surface area contributed by atoms with E-state index in [1.165, 1.54) is 16.6 Å². The summed E-state index contributed by atoms with van der Waals surface area (Å²) >= 11 is 0. The van der Waals surface area contributed by atoms with E-state index in [4.69, 9.17) is 10.00 Å². The minimum atomic E-state index is -3.23. The molecule has 1 saturated heterocycles. The topological polar surface area (TPSA) is 135 Å². The second-order valence-electron chi connectivity index (χ2n) is 8.90. The Bertz CT molecular complexity index is 1490. The van der Waals surface area contributed by atoms with Crippen molar-refractivity contribution in [3.63, 3.8) is 0 Å². The average molecular weight is 518 g/mol. The zero-order valence-corrected chi connectivity index (χ0v) is 21.7. The van der Waals surface area contributed by atoms with Gasteiger partial charge in [-0.15, -0.1) is 0 Å². The highest BCUT2D eigenvalue weighted by Gasteiger charge is 2.25. The lowest BCUT2D eigenvalue weighted by atomic mass is 9.95. The van der Waals surface area contributed by atoms with Crippen molar-refractivity contribution in [2.45, 2.75) is 20.3 Å². The molecular weight excluding hydrogens is 490 g/mol. The van der Waals surface area contributed by atoms with Crippen LogP contribution >= 0.6 is 0 Å². The zero-order chi connectivity index (χ0) is 26.6. The van der Waals surface area contributed by atoms with Gasteiger partial charge < -0.3 is 15.0 Å². The van der Waals surface area contributed by atoms with E-state index < -0.39 is 10.0 Å². The van der Waals surface area contributed by atoms with Crippen LogP contribution in [0.15, 0.2) is 65.1 Å². The van der Waals surface area contributed by atoms with Gasteiger partial charge in [-0.25, -0.2) is 13.4 Å². The molecule has 0 bridgehead atoms. The fourth-order valence-corrected chi connectivity index (χ4v) is 5.22. The third-order valence-electron chi connectivity index (χ3n) is 6.13. The highest BCUT2D eigenvalue weighted by Crippen LogP contribution is 2.30. The van der Waals surface area contributed by atoms with Crippen molar-refractivity contribution in [1.29, 1.82) is 10.5 Å². The summed E-state index contributed by atoms with van der Waals surface area (Å²) in [6.45, 7) is 5.66. The smallest absolute Gasteiger partial charge is 0.230 e. The molecule has 10 nitrogen and oxygen atoms in total. The highest BCUT2D eigenvalue weighted by atomic mass is 32.2. The Morgan fingerprint density at radius 2 is 1.89 bits per heavy atom. The number of nitrogens with zero attached hydrogens (tertiary/aromatic N) is 6. The first-order valence-corrected chi connectivity index (χ1v) is 13.5. The van der Waals surface area contributed by atoms with Crippen LogP contribution in [-0.2, 0) is 10.0 Å². The van der Waals surface area contributed by atoms with Crippen LogP contribution in [-0.4, -0.2) is 55.1 Å². The van der Waals surface area contributed by atoms with E-state index in [2.05, 4.69) is 27.4 Å². The summed E-state index contributed by atoms with van der Waals surface area (Å²) in [5.41, 5.74) is 4.71. The number of benzene rings is 1. The second-order valence-corrected chi connectivity index (χ2v) is 10.9. The lowest BCUT2D eigenvalue weighted by Gasteiger charge is -2.35. The molecule has 1 N–H and O–H groups in total. The molecule has 2 heterocycles. The lowest BCUT2D eigenvalue weighted by molar-refractivity contribution is 0.388. The van der Waals surface area contributed by atoms with E-state index in [0.717, 1.165) is 22.4 Å². The molecule has 4 rings (SSSR count). The Labute approximate surface area is 216 Å². The zero-order valence-electron chi connectivity index (χ0n) is 20.9. The first-order valence-electron chi connectivity index (χ1n) is 11.7. The average Bonchev–Trinajstić information content (AvgIpc) is 2.86. The summed E-state index contributed by atoms with van der Waals surface area (Å²) in [5, 5.41) is 21.8. The molecule has 2 aromatic rings. The molecule has 1 aromatic carbocycles. The van der Waals surface area contributed by atoms with Gasteiger partial charge >= 0.3 is 0 Å². The van der Waals surface area contributed by atoms with E-state index in [0.29, 0.717) is 61.4 Å². The van der Waals surface area contributed by atoms with Crippen LogP contribution in [0.2, 0.25) is 0 Å². The third kappa shape index (κ3) is 6.15. The maximum Gasteiger partial charge on any atom is 0.230 e. The van der Waals surface area contributed by atoms with Crippen molar-refractivity contribution in [3.8, 4) is 18.0 Å². The largest absolute Gasteiger partial charge is 0.439 e. The number of nitrogens with one attached hydrogen (secondary N) is 1. The van der Waals surface area contributed by atoms with Gasteiger partial charge in [0, 0.05) is 50.2 Å². The van der Waals surface area contributed by atoms with Crippen molar-refractivity contribution in [1.82, 2.24) is 14.3 Å². The number of sulfonamides is 1. The number of ether oxygens (including phenoxy) is 1. The molecule has 1 aromatic heterocycles. The molecule has 1 aliphatic heterocycles. The highest BCUT2D eigenvalue weighted by molar-refractivity contribution is 7.88. The van der Waals surface area contributed by atoms with Gasteiger partial charge in [-0.05, 0) is 55.2 Å². The molecule has 1 fully saturated rings. The number of aromatic nitrogens is 2. The fourth-order valence-electron chi connectivity index (χ4n) is 4.39. The summed E-state index contributed by atoms with van der Waals surface area (Å²) in [7, 11) is -3.23. The standard InChI is InChI=1S/C26H27N7O3S/c1-18-14-20(6-8-27)15-19(2)25(18)36-24-7-9-29-26(31-24)30-22-4-5-23(21(16-22)17-28)32-10-12-33(13-11-32)37(3,34)35/h4-7,9,14,16H,10-13,15H2,1-3H3,(H,29,30,31)/b20-6+. The minimum Gasteiger partial charge on any atom is -0.439 e. The number of allylic oxidation sites excluding steroid dienone is 5. The molecule has 37 heavy (non-hydrogen) atoms. The van der Waals surface area contributed by atoms with E-state index >= 15 is 0 Å². The molecule has 0 spiro atoms. The second kappa shape index (κ2) is 10.8. The van der Waals surface area contributed by atoms with Crippen LogP contribution in [0.3, 0.4) is 0 Å². The predicted octanol–water partition coefficient (Wildman–Crippen LogP) is 3.63. The Morgan fingerprint density at radius 3 is 2.54 bits per heavy atom. The Kier molecular flexibility index (Phi) is 7.58. The van der Waals surface area contributed by atoms with Crippen molar-refractivity contribution in [3.05, 3.63) is 70.7 Å². The summed E-state index contributed by atoms with van der Waals surface area (Å²) < 4.78 is 31.1. The first kappa shape index (κ1) is 25.9. The van der Waals surface area contributed by atoms with E-state index in [9.17, 15) is 13.7 Å². The summed E-state index contributed by atoms with van der Waals surface area (Å²) in [5.74, 6) is 1.40. The Balaban J connectivity index is 1.47. The number of hydrogen-bond acceptors (Lipinski definition) is 9. The van der Waals surface area contributed by atoms with Crippen LogP contribution in [0.1, 0.15) is 25.8 Å². The van der Waals surface area contributed by atoms with Crippen LogP contribution in [0.4, 0.5) is 17.3 Å². The van der Waals surface area contributed by atoms with Crippen LogP contribution in [0.5, 0.6) is 5.88 Å². The summed E-state index contributed by atoms with van der Waals surface area (Å²) in [6, 6.07) is 11.4. The summed E-state index contributed by atoms with van der Waals surface area (Å²) in [6.07, 6.45) is 6.89. The van der Waals surface area contributed by atoms with Gasteiger partial charge in [0.15, 0.2) is 0 Å². The predicted molar refractivity (Wildman–Crippen MR) is 140 cm³/mol. The number of nitriles is 2. The van der Waals surface area contributed by atoms with Gasteiger partial charge in [0.1, 0.15) is 11.8 Å². The van der Waals surface area contributed by atoms with Crippen LogP contribution < -0.4 is 15.0 Å². The molecule has 0 saturated carbocycles. The van der Waals surface area contributed by atoms with Crippen LogP contribution in [0, 0.1) is 22.7 Å². The molecule has 0 atom stereocenters. The SMILES string of the molecule is CC1=C/C(=C\C#N)CC(C)=C1Oc1ccnc(Nc2ccc(N3CCN(S(C)(=O)=O)CC3)c(C#N)c2)n1. The van der Waals surface area contributed by atoms with E-state index in [1.54, 1.807) is 18.3 Å². The molecule has 0 radical (unpaired) electrons. The van der Waals surface area contributed by atoms with Crippen molar-refractivity contribution in [2.24, 2.45) is 0 Å². The van der Waals surface area contributed by atoms with Gasteiger partial charge in [0.05, 0.1) is 23.6 Å². The van der Waals surface area contributed by atoms with Gasteiger partial charge in [0.25, 0.3) is 0 Å². The fraction of sp³-hybridized carbons (Fsp3) is 0.308. The van der Waals surface area contributed by atoms with Crippen molar-refractivity contribution < 1.29 is 13.2 Å². The van der Waals surface area contributed by atoms with Gasteiger partial charge in [-0.1, -0.05) is 6.08 Å². The molecule has 0 unspecified atom stereocenters. The van der Waals surface area contributed by atoms with Crippen molar-refractivity contribution in [2.75, 3.05) is 42.7 Å². The molecule has 11 heteroatoms. The molecule has 190 valence electrons. The third-order valence-corrected chi connectivity index (χ3v) is 7.43. The van der Waals surface area contributed by atoms with E-state index in [-0.39, 0.29) is 0 Å². The van der Waals surface area contributed by atoms with Gasteiger partial charge in [0.2, 0.25) is 21.9 Å². The minimum absolute atomic E-state index is 0.316. The Morgan fingerprint density at radius 1 is 1.14 bits per heavy atom. The van der Waals surface area contributed by atoms with Crippen molar-refractivity contribution >= 4 is 27.3 Å². The molecule has 0 amide bonds. The normalized spacial score (nSPS) is 17.7. The first-order chi connectivity index (χ1) is 17.7. The number of piperazine rings is 1. The lowest BCUT2D eigenvalue weighted by Crippen LogP contribution is -2.48. The number of hydrogen-bond donors (Lipinski definition) is 1. The monoisotopic (exact) mass is 517 g/mol. The van der Waals surface area contributed by atoms with Crippen LogP contribution in [0.25, 0.3) is 0 Å². The number of rotatable bonds is 6. The summed E-state index contributed by atoms with van der Waals surface area (Å²) in [4.78, 5) is 10.7. The van der Waals surface area contributed by atoms with E-state index in [1.807, 2.05) is 37.0 Å². The molecule has 1 aliphatic carbocycles. The molecule has 2 aliphatic rings. The maximum absolute atomic E-state index is 11.8. The Hall–Kier alpha value is -4.19. The maximum atomic E-state index is 11.8.